The highest BCUT2D eigenvalue weighted by Gasteiger charge is 2.20. The molecule has 0 radical (unpaired) electrons. The average molecular weight is 204 g/mol. The van der Waals surface area contributed by atoms with Crippen LogP contribution in [0.2, 0.25) is 0 Å². The van der Waals surface area contributed by atoms with Gasteiger partial charge in [-0.25, -0.2) is 0 Å². The van der Waals surface area contributed by atoms with Crippen molar-refractivity contribution < 1.29 is 9.47 Å². The van der Waals surface area contributed by atoms with E-state index in [1.807, 2.05) is 13.0 Å². The first kappa shape index (κ1) is 10.2. The van der Waals surface area contributed by atoms with Crippen molar-refractivity contribution in [3.63, 3.8) is 0 Å². The summed E-state index contributed by atoms with van der Waals surface area (Å²) >= 11 is 0. The van der Waals surface area contributed by atoms with Crippen LogP contribution in [0.4, 0.5) is 0 Å². The molecule has 0 amide bonds. The Morgan fingerprint density at radius 2 is 2.13 bits per heavy atom. The van der Waals surface area contributed by atoms with E-state index in [0.29, 0.717) is 12.5 Å². The Balaban J connectivity index is 2.05. The summed E-state index contributed by atoms with van der Waals surface area (Å²) in [7, 11) is 0. The fourth-order valence-electron chi connectivity index (χ4n) is 1.81. The van der Waals surface area contributed by atoms with E-state index in [0.717, 1.165) is 6.42 Å². The minimum atomic E-state index is -0.0924. The molecule has 0 saturated heterocycles. The van der Waals surface area contributed by atoms with Crippen molar-refractivity contribution in [2.45, 2.75) is 25.6 Å². The molecule has 0 unspecified atom stereocenters. The molecular formula is C13H16O2. The fourth-order valence-corrected chi connectivity index (χ4v) is 1.81. The third-order valence-corrected chi connectivity index (χ3v) is 2.57. The number of hydrogen-bond donors (Lipinski definition) is 0. The third-order valence-electron chi connectivity index (χ3n) is 2.57. The first-order valence-electron chi connectivity index (χ1n) is 5.39. The number of benzene rings is 1. The molecule has 15 heavy (non-hydrogen) atoms. The van der Waals surface area contributed by atoms with Gasteiger partial charge in [0.2, 0.25) is 0 Å². The molecule has 2 nitrogen and oxygen atoms in total. The van der Waals surface area contributed by atoms with E-state index in [2.05, 4.69) is 30.3 Å². The molecule has 80 valence electrons. The van der Waals surface area contributed by atoms with Crippen molar-refractivity contribution in [2.75, 3.05) is 6.61 Å². The molecule has 0 saturated carbocycles. The molecule has 1 aromatic rings. The van der Waals surface area contributed by atoms with E-state index in [9.17, 15) is 0 Å². The van der Waals surface area contributed by atoms with Crippen molar-refractivity contribution in [2.24, 2.45) is 0 Å². The topological polar surface area (TPSA) is 18.5 Å². The maximum Gasteiger partial charge on any atom is 0.199 e. The molecule has 2 atom stereocenters. The van der Waals surface area contributed by atoms with Gasteiger partial charge in [-0.2, -0.15) is 0 Å². The van der Waals surface area contributed by atoms with Crippen LogP contribution in [-0.4, -0.2) is 12.9 Å². The molecule has 2 heteroatoms. The van der Waals surface area contributed by atoms with E-state index in [-0.39, 0.29) is 6.29 Å². The Morgan fingerprint density at radius 1 is 1.33 bits per heavy atom. The van der Waals surface area contributed by atoms with Crippen LogP contribution in [0, 0.1) is 0 Å². The summed E-state index contributed by atoms with van der Waals surface area (Å²) in [6.07, 6.45) is 4.64. The van der Waals surface area contributed by atoms with Crippen molar-refractivity contribution in [3.05, 3.63) is 48.2 Å². The van der Waals surface area contributed by atoms with Crippen LogP contribution in [0.1, 0.15) is 24.8 Å². The van der Waals surface area contributed by atoms with Crippen LogP contribution in [-0.2, 0) is 9.47 Å². The predicted octanol–water partition coefficient (Wildman–Crippen LogP) is 3.07. The van der Waals surface area contributed by atoms with Gasteiger partial charge in [0.1, 0.15) is 0 Å². The van der Waals surface area contributed by atoms with Crippen molar-refractivity contribution in [1.29, 1.82) is 0 Å². The van der Waals surface area contributed by atoms with E-state index in [1.165, 1.54) is 5.56 Å². The zero-order valence-electron chi connectivity index (χ0n) is 8.93. The van der Waals surface area contributed by atoms with Gasteiger partial charge in [-0.15, -0.1) is 0 Å². The number of ether oxygens (including phenoxy) is 2. The summed E-state index contributed by atoms with van der Waals surface area (Å²) in [5.41, 5.74) is 1.32. The normalized spacial score (nSPS) is 24.9. The molecule has 0 aromatic heterocycles. The lowest BCUT2D eigenvalue weighted by atomic mass is 9.94. The van der Waals surface area contributed by atoms with Gasteiger partial charge in [-0.3, -0.25) is 0 Å². The van der Waals surface area contributed by atoms with Crippen LogP contribution in [0.25, 0.3) is 0 Å². The molecule has 0 bridgehead atoms. The summed E-state index contributed by atoms with van der Waals surface area (Å²) in [5.74, 6) is 0.413. The van der Waals surface area contributed by atoms with Crippen molar-refractivity contribution in [3.8, 4) is 0 Å². The molecule has 0 aliphatic carbocycles. The predicted molar refractivity (Wildman–Crippen MR) is 59.4 cm³/mol. The maximum atomic E-state index is 5.46. The van der Waals surface area contributed by atoms with E-state index < -0.39 is 0 Å². The SMILES string of the molecule is CCO[C@H]1C[C@@H](c2ccccc2)C=CO1. The van der Waals surface area contributed by atoms with E-state index >= 15 is 0 Å². The van der Waals surface area contributed by atoms with Crippen molar-refractivity contribution >= 4 is 0 Å². The zero-order chi connectivity index (χ0) is 10.5. The van der Waals surface area contributed by atoms with Gasteiger partial charge in [-0.05, 0) is 18.6 Å². The Hall–Kier alpha value is -1.28. The summed E-state index contributed by atoms with van der Waals surface area (Å²) in [6.45, 7) is 2.68. The highest BCUT2D eigenvalue weighted by atomic mass is 16.7. The van der Waals surface area contributed by atoms with Gasteiger partial charge in [0, 0.05) is 18.9 Å². The summed E-state index contributed by atoms with van der Waals surface area (Å²) in [5, 5.41) is 0. The highest BCUT2D eigenvalue weighted by molar-refractivity contribution is 5.24. The van der Waals surface area contributed by atoms with Gasteiger partial charge in [0.05, 0.1) is 6.26 Å². The molecule has 1 aliphatic heterocycles. The van der Waals surface area contributed by atoms with Crippen LogP contribution in [0.3, 0.4) is 0 Å². The summed E-state index contributed by atoms with van der Waals surface area (Å²) < 4.78 is 10.8. The van der Waals surface area contributed by atoms with E-state index in [1.54, 1.807) is 6.26 Å². The van der Waals surface area contributed by atoms with Crippen LogP contribution in [0.5, 0.6) is 0 Å². The zero-order valence-corrected chi connectivity index (χ0v) is 8.93. The molecule has 2 rings (SSSR count). The molecule has 1 aliphatic rings. The highest BCUT2D eigenvalue weighted by Crippen LogP contribution is 2.27. The fraction of sp³-hybridized carbons (Fsp3) is 0.385. The quantitative estimate of drug-likeness (QED) is 0.753. The van der Waals surface area contributed by atoms with Crippen LogP contribution >= 0.6 is 0 Å². The number of rotatable bonds is 3. The largest absolute Gasteiger partial charge is 0.473 e. The standard InChI is InChI=1S/C13H16O2/c1-2-14-13-10-12(8-9-15-13)11-6-4-3-5-7-11/h3-9,12-13H,2,10H2,1H3/t12-,13+/m0/s1. The molecule has 0 spiro atoms. The second kappa shape index (κ2) is 4.99. The Labute approximate surface area is 90.5 Å². The van der Waals surface area contributed by atoms with E-state index in [4.69, 9.17) is 9.47 Å². The second-order valence-corrected chi connectivity index (χ2v) is 3.60. The molecule has 1 aromatic carbocycles. The minimum absolute atomic E-state index is 0.0924. The first-order valence-corrected chi connectivity index (χ1v) is 5.39. The van der Waals surface area contributed by atoms with Gasteiger partial charge in [0.25, 0.3) is 0 Å². The lowest BCUT2D eigenvalue weighted by molar-refractivity contribution is -0.114. The van der Waals surface area contributed by atoms with Gasteiger partial charge < -0.3 is 9.47 Å². The van der Waals surface area contributed by atoms with Crippen molar-refractivity contribution in [1.82, 2.24) is 0 Å². The van der Waals surface area contributed by atoms with Gasteiger partial charge >= 0.3 is 0 Å². The van der Waals surface area contributed by atoms with Crippen LogP contribution in [0.15, 0.2) is 42.7 Å². The number of hydrogen-bond acceptors (Lipinski definition) is 2. The second-order valence-electron chi connectivity index (χ2n) is 3.60. The molecule has 1 heterocycles. The average Bonchev–Trinajstić information content (AvgIpc) is 2.31. The summed E-state index contributed by atoms with van der Waals surface area (Å²) in [4.78, 5) is 0. The smallest absolute Gasteiger partial charge is 0.199 e. The first-order chi connectivity index (χ1) is 7.40. The van der Waals surface area contributed by atoms with Crippen LogP contribution < -0.4 is 0 Å². The third kappa shape index (κ3) is 2.60. The monoisotopic (exact) mass is 204 g/mol. The molecule has 0 fully saturated rings. The lowest BCUT2D eigenvalue weighted by Crippen LogP contribution is -2.21. The molecule has 0 N–H and O–H groups in total. The molecular weight excluding hydrogens is 188 g/mol. The minimum Gasteiger partial charge on any atom is -0.473 e. The maximum absolute atomic E-state index is 5.46. The summed E-state index contributed by atoms with van der Waals surface area (Å²) in [6, 6.07) is 10.4. The Kier molecular flexibility index (Phi) is 3.41. The van der Waals surface area contributed by atoms with Gasteiger partial charge in [0.15, 0.2) is 6.29 Å². The number of allylic oxidation sites excluding steroid dienone is 1. The Morgan fingerprint density at radius 3 is 2.87 bits per heavy atom. The lowest BCUT2D eigenvalue weighted by Gasteiger charge is -2.25. The van der Waals surface area contributed by atoms with Gasteiger partial charge in [-0.1, -0.05) is 30.3 Å². The Bertz CT molecular complexity index is 319.